The Morgan fingerprint density at radius 2 is 2.06 bits per heavy atom. The molecule has 0 unspecified atom stereocenters. The van der Waals surface area contributed by atoms with Gasteiger partial charge in [-0.2, -0.15) is 0 Å². The number of carbonyl (C=O) groups excluding carboxylic acids is 1. The van der Waals surface area contributed by atoms with Crippen LogP contribution in [0.15, 0.2) is 18.2 Å². The summed E-state index contributed by atoms with van der Waals surface area (Å²) in [6.45, 7) is 4.90. The second kappa shape index (κ2) is 5.97. The Balaban J connectivity index is 3.12. The minimum absolute atomic E-state index is 0.123. The lowest BCUT2D eigenvalue weighted by Crippen LogP contribution is -2.30. The summed E-state index contributed by atoms with van der Waals surface area (Å²) >= 11 is 0. The van der Waals surface area contributed by atoms with Crippen molar-refractivity contribution in [3.8, 4) is 0 Å². The van der Waals surface area contributed by atoms with Gasteiger partial charge in [0.2, 0.25) is 0 Å². The molecule has 1 amide bonds. The van der Waals surface area contributed by atoms with Crippen LogP contribution in [0.2, 0.25) is 0 Å². The summed E-state index contributed by atoms with van der Waals surface area (Å²) in [6, 6.07) is 4.09. The van der Waals surface area contributed by atoms with Crippen molar-refractivity contribution in [1.29, 1.82) is 0 Å². The summed E-state index contributed by atoms with van der Waals surface area (Å²) < 4.78 is 0. The smallest absolute Gasteiger partial charge is 0.293 e. The Morgan fingerprint density at radius 3 is 2.50 bits per heavy atom. The number of nitrogens with zero attached hydrogens (tertiary/aromatic N) is 2. The highest BCUT2D eigenvalue weighted by Crippen LogP contribution is 2.25. The minimum Gasteiger partial charge on any atom is -0.339 e. The molecule has 0 aliphatic carbocycles. The van der Waals surface area contributed by atoms with Crippen molar-refractivity contribution in [3.05, 3.63) is 33.9 Å². The number of hydrogen-bond donors (Lipinski definition) is 2. The standard InChI is InChI=1S/C11H16N4O3/c1-3-14(4-2)11(16)8-5-6-10(15(17)18)9(7-8)13-12/h5-7,13H,3-4,12H2,1-2H3. The van der Waals surface area contributed by atoms with E-state index in [2.05, 4.69) is 5.43 Å². The zero-order chi connectivity index (χ0) is 13.7. The van der Waals surface area contributed by atoms with Gasteiger partial charge in [0, 0.05) is 24.7 Å². The van der Waals surface area contributed by atoms with Gasteiger partial charge in [-0.25, -0.2) is 0 Å². The SMILES string of the molecule is CCN(CC)C(=O)c1ccc([N+](=O)[O-])c(NN)c1. The number of carbonyl (C=O) groups is 1. The normalized spacial score (nSPS) is 9.94. The third-order valence-electron chi connectivity index (χ3n) is 2.65. The number of nitrogen functional groups attached to an aromatic ring is 1. The third kappa shape index (κ3) is 2.75. The molecule has 7 nitrogen and oxygen atoms in total. The molecule has 0 spiro atoms. The van der Waals surface area contributed by atoms with E-state index in [4.69, 9.17) is 5.84 Å². The van der Waals surface area contributed by atoms with Gasteiger partial charge in [0.05, 0.1) is 4.92 Å². The van der Waals surface area contributed by atoms with Crippen LogP contribution in [-0.2, 0) is 0 Å². The average Bonchev–Trinajstić information content (AvgIpc) is 2.39. The predicted molar refractivity (Wildman–Crippen MR) is 68.2 cm³/mol. The average molecular weight is 252 g/mol. The lowest BCUT2D eigenvalue weighted by Gasteiger charge is -2.18. The number of nitro groups is 1. The van der Waals surface area contributed by atoms with Crippen LogP contribution in [0, 0.1) is 10.1 Å². The molecule has 0 aliphatic rings. The van der Waals surface area contributed by atoms with Crippen molar-refractivity contribution in [1.82, 2.24) is 4.90 Å². The molecule has 98 valence electrons. The molecular formula is C11H16N4O3. The van der Waals surface area contributed by atoms with E-state index in [1.807, 2.05) is 13.8 Å². The van der Waals surface area contributed by atoms with Crippen molar-refractivity contribution >= 4 is 17.3 Å². The molecule has 3 N–H and O–H groups in total. The van der Waals surface area contributed by atoms with E-state index in [9.17, 15) is 14.9 Å². The predicted octanol–water partition coefficient (Wildman–Crippen LogP) is 1.36. The van der Waals surface area contributed by atoms with E-state index in [0.29, 0.717) is 18.7 Å². The van der Waals surface area contributed by atoms with Crippen LogP contribution < -0.4 is 11.3 Å². The molecule has 0 bridgehead atoms. The maximum absolute atomic E-state index is 12.0. The summed E-state index contributed by atoms with van der Waals surface area (Å²) in [5, 5.41) is 10.7. The first-order valence-corrected chi connectivity index (χ1v) is 5.59. The maximum atomic E-state index is 12.0. The zero-order valence-electron chi connectivity index (χ0n) is 10.3. The van der Waals surface area contributed by atoms with Crippen molar-refractivity contribution in [2.24, 2.45) is 5.84 Å². The topological polar surface area (TPSA) is 102 Å². The second-order valence-corrected chi connectivity index (χ2v) is 3.61. The number of nitrogens with one attached hydrogen (secondary N) is 1. The van der Waals surface area contributed by atoms with Gasteiger partial charge in [-0.05, 0) is 26.0 Å². The van der Waals surface area contributed by atoms with E-state index in [-0.39, 0.29) is 17.3 Å². The molecule has 7 heteroatoms. The number of nitro benzene ring substituents is 1. The number of hydrazine groups is 1. The van der Waals surface area contributed by atoms with Gasteiger partial charge < -0.3 is 10.3 Å². The molecule has 0 radical (unpaired) electrons. The number of amides is 1. The molecule has 18 heavy (non-hydrogen) atoms. The van der Waals surface area contributed by atoms with Gasteiger partial charge in [0.15, 0.2) is 0 Å². The molecular weight excluding hydrogens is 236 g/mol. The molecule has 0 fully saturated rings. The molecule has 1 aromatic carbocycles. The van der Waals surface area contributed by atoms with Crippen molar-refractivity contribution in [2.45, 2.75) is 13.8 Å². The van der Waals surface area contributed by atoms with Crippen LogP contribution in [0.5, 0.6) is 0 Å². The Labute approximate surface area is 105 Å². The van der Waals surface area contributed by atoms with Gasteiger partial charge in [-0.1, -0.05) is 0 Å². The summed E-state index contributed by atoms with van der Waals surface area (Å²) in [4.78, 5) is 23.8. The lowest BCUT2D eigenvalue weighted by molar-refractivity contribution is -0.384. The molecule has 0 aliphatic heterocycles. The number of anilines is 1. The monoisotopic (exact) mass is 252 g/mol. The van der Waals surface area contributed by atoms with Gasteiger partial charge in [-0.3, -0.25) is 20.8 Å². The van der Waals surface area contributed by atoms with Crippen LogP contribution in [-0.4, -0.2) is 28.8 Å². The minimum atomic E-state index is -0.555. The maximum Gasteiger partial charge on any atom is 0.293 e. The summed E-state index contributed by atoms with van der Waals surface area (Å²) in [5.74, 6) is 5.04. The van der Waals surface area contributed by atoms with E-state index in [1.54, 1.807) is 4.90 Å². The third-order valence-corrected chi connectivity index (χ3v) is 2.65. The van der Waals surface area contributed by atoms with Crippen molar-refractivity contribution < 1.29 is 9.72 Å². The summed E-state index contributed by atoms with van der Waals surface area (Å²) in [7, 11) is 0. The van der Waals surface area contributed by atoms with Crippen molar-refractivity contribution in [3.63, 3.8) is 0 Å². The lowest BCUT2D eigenvalue weighted by atomic mass is 10.1. The highest BCUT2D eigenvalue weighted by atomic mass is 16.6. The first-order valence-electron chi connectivity index (χ1n) is 5.59. The fourth-order valence-corrected chi connectivity index (χ4v) is 1.64. The van der Waals surface area contributed by atoms with E-state index < -0.39 is 4.92 Å². The first-order chi connectivity index (χ1) is 8.54. The van der Waals surface area contributed by atoms with Gasteiger partial charge in [0.1, 0.15) is 5.69 Å². The molecule has 1 rings (SSSR count). The molecule has 0 aromatic heterocycles. The molecule has 0 saturated heterocycles. The largest absolute Gasteiger partial charge is 0.339 e. The molecule has 0 atom stereocenters. The number of nitrogens with two attached hydrogens (primary N) is 1. The Bertz CT molecular complexity index is 458. The van der Waals surface area contributed by atoms with E-state index >= 15 is 0 Å². The van der Waals surface area contributed by atoms with Gasteiger partial charge in [0.25, 0.3) is 11.6 Å². The molecule has 0 saturated carbocycles. The van der Waals surface area contributed by atoms with Crippen LogP contribution in [0.4, 0.5) is 11.4 Å². The van der Waals surface area contributed by atoms with Gasteiger partial charge in [-0.15, -0.1) is 0 Å². The van der Waals surface area contributed by atoms with Crippen LogP contribution >= 0.6 is 0 Å². The fourth-order valence-electron chi connectivity index (χ4n) is 1.64. The fraction of sp³-hybridized carbons (Fsp3) is 0.364. The van der Waals surface area contributed by atoms with Crippen LogP contribution in [0.25, 0.3) is 0 Å². The van der Waals surface area contributed by atoms with E-state index in [1.165, 1.54) is 18.2 Å². The number of benzene rings is 1. The Kier molecular flexibility index (Phi) is 4.61. The highest BCUT2D eigenvalue weighted by molar-refractivity contribution is 5.95. The summed E-state index contributed by atoms with van der Waals surface area (Å²) in [5.41, 5.74) is 2.57. The van der Waals surface area contributed by atoms with E-state index in [0.717, 1.165) is 0 Å². The zero-order valence-corrected chi connectivity index (χ0v) is 10.3. The Morgan fingerprint density at radius 1 is 1.44 bits per heavy atom. The Hall–Kier alpha value is -2.15. The quantitative estimate of drug-likeness (QED) is 0.468. The van der Waals surface area contributed by atoms with Crippen molar-refractivity contribution in [2.75, 3.05) is 18.5 Å². The number of hydrogen-bond acceptors (Lipinski definition) is 5. The van der Waals surface area contributed by atoms with Crippen LogP contribution in [0.3, 0.4) is 0 Å². The molecule has 0 heterocycles. The van der Waals surface area contributed by atoms with Crippen LogP contribution in [0.1, 0.15) is 24.2 Å². The highest BCUT2D eigenvalue weighted by Gasteiger charge is 2.18. The second-order valence-electron chi connectivity index (χ2n) is 3.61. The van der Waals surface area contributed by atoms with Gasteiger partial charge >= 0.3 is 0 Å². The first kappa shape index (κ1) is 13.9. The number of rotatable bonds is 5. The molecule has 1 aromatic rings. The summed E-state index contributed by atoms with van der Waals surface area (Å²) in [6.07, 6.45) is 0.